The molecule has 144 valence electrons. The summed E-state index contributed by atoms with van der Waals surface area (Å²) in [5.74, 6) is 0.793. The number of methoxy groups -OCH3 is 1. The highest BCUT2D eigenvalue weighted by atomic mass is 16.5. The molecule has 1 amide bonds. The molecule has 1 aromatic heterocycles. The molecule has 0 saturated heterocycles. The lowest BCUT2D eigenvalue weighted by atomic mass is 10.2. The number of aromatic nitrogens is 2. The van der Waals surface area contributed by atoms with Crippen LogP contribution in [0.5, 0.6) is 5.75 Å². The summed E-state index contributed by atoms with van der Waals surface area (Å²) in [5, 5.41) is 5.98. The summed E-state index contributed by atoms with van der Waals surface area (Å²) >= 11 is 0. The predicted molar refractivity (Wildman–Crippen MR) is 112 cm³/mol. The van der Waals surface area contributed by atoms with Crippen molar-refractivity contribution in [2.24, 2.45) is 0 Å². The molecule has 0 radical (unpaired) electrons. The number of nitrogens with one attached hydrogen (secondary N) is 2. The Hall–Kier alpha value is -3.61. The van der Waals surface area contributed by atoms with Crippen LogP contribution in [0.15, 0.2) is 54.6 Å². The largest absolute Gasteiger partial charge is 0.497 e. The van der Waals surface area contributed by atoms with E-state index in [1.54, 1.807) is 37.4 Å². The van der Waals surface area contributed by atoms with Crippen molar-refractivity contribution in [3.8, 4) is 5.75 Å². The maximum absolute atomic E-state index is 12.6. The molecule has 7 heteroatoms. The van der Waals surface area contributed by atoms with Crippen LogP contribution in [0.1, 0.15) is 16.2 Å². The molecule has 2 N–H and O–H groups in total. The molecule has 0 fully saturated rings. The molecule has 0 unspecified atom stereocenters. The summed E-state index contributed by atoms with van der Waals surface area (Å²) in [4.78, 5) is 23.3. The molecule has 0 aliphatic carbocycles. The number of nitrogens with zero attached hydrogens (tertiary/aromatic N) is 3. The Morgan fingerprint density at radius 3 is 2.21 bits per heavy atom. The molecule has 0 aliphatic rings. The Bertz CT molecular complexity index is 954. The summed E-state index contributed by atoms with van der Waals surface area (Å²) in [6.45, 7) is 1.83. The topological polar surface area (TPSA) is 79.4 Å². The standard InChI is InChI=1S/C21H23N5O2/c1-14-13-19(20(27)23-15-7-11-18(28-4)12-8-15)25-21(22-14)24-16-5-9-17(10-6-16)26(2)3/h5-13H,1-4H3,(H,23,27)(H,22,24,25). The van der Waals surface area contributed by atoms with Crippen molar-refractivity contribution < 1.29 is 9.53 Å². The van der Waals surface area contributed by atoms with Crippen molar-refractivity contribution in [2.75, 3.05) is 36.7 Å². The van der Waals surface area contributed by atoms with Crippen LogP contribution in [0.25, 0.3) is 0 Å². The quantitative estimate of drug-likeness (QED) is 0.679. The highest BCUT2D eigenvalue weighted by Gasteiger charge is 2.11. The lowest BCUT2D eigenvalue weighted by molar-refractivity contribution is 0.102. The fourth-order valence-electron chi connectivity index (χ4n) is 2.58. The first-order chi connectivity index (χ1) is 13.4. The second kappa shape index (κ2) is 8.39. The Labute approximate surface area is 164 Å². The Morgan fingerprint density at radius 2 is 1.61 bits per heavy atom. The number of benzene rings is 2. The zero-order chi connectivity index (χ0) is 20.1. The smallest absolute Gasteiger partial charge is 0.274 e. The van der Waals surface area contributed by atoms with Gasteiger partial charge in [-0.3, -0.25) is 4.79 Å². The first-order valence-corrected chi connectivity index (χ1v) is 8.80. The highest BCUT2D eigenvalue weighted by molar-refractivity contribution is 6.03. The minimum absolute atomic E-state index is 0.288. The number of anilines is 4. The van der Waals surface area contributed by atoms with Gasteiger partial charge in [-0.1, -0.05) is 0 Å². The summed E-state index contributed by atoms with van der Waals surface area (Å²) in [6.07, 6.45) is 0. The van der Waals surface area contributed by atoms with Crippen LogP contribution in [0.3, 0.4) is 0 Å². The highest BCUT2D eigenvalue weighted by Crippen LogP contribution is 2.19. The average molecular weight is 377 g/mol. The Morgan fingerprint density at radius 1 is 0.964 bits per heavy atom. The molecule has 3 aromatic rings. The van der Waals surface area contributed by atoms with Gasteiger partial charge in [-0.25, -0.2) is 9.97 Å². The number of hydrogen-bond donors (Lipinski definition) is 2. The second-order valence-electron chi connectivity index (χ2n) is 6.47. The molecule has 2 aromatic carbocycles. The Balaban J connectivity index is 1.75. The van der Waals surface area contributed by atoms with Gasteiger partial charge < -0.3 is 20.3 Å². The van der Waals surface area contributed by atoms with Crippen LogP contribution in [0, 0.1) is 6.92 Å². The van der Waals surface area contributed by atoms with E-state index >= 15 is 0 Å². The van der Waals surface area contributed by atoms with Gasteiger partial charge in [-0.2, -0.15) is 0 Å². The summed E-state index contributed by atoms with van der Waals surface area (Å²) < 4.78 is 5.12. The van der Waals surface area contributed by atoms with E-state index in [9.17, 15) is 4.79 Å². The lowest BCUT2D eigenvalue weighted by Crippen LogP contribution is -2.15. The van der Waals surface area contributed by atoms with E-state index in [-0.39, 0.29) is 11.6 Å². The third-order valence-electron chi connectivity index (χ3n) is 4.07. The van der Waals surface area contributed by atoms with Crippen molar-refractivity contribution >= 4 is 28.9 Å². The van der Waals surface area contributed by atoms with Gasteiger partial charge in [0.2, 0.25) is 5.95 Å². The van der Waals surface area contributed by atoms with Crippen LogP contribution < -0.4 is 20.3 Å². The van der Waals surface area contributed by atoms with E-state index in [2.05, 4.69) is 20.6 Å². The summed E-state index contributed by atoms with van der Waals surface area (Å²) in [6, 6.07) is 16.6. The molecular formula is C21H23N5O2. The minimum Gasteiger partial charge on any atom is -0.497 e. The van der Waals surface area contributed by atoms with Crippen LogP contribution in [-0.4, -0.2) is 37.1 Å². The molecule has 0 aliphatic heterocycles. The number of ether oxygens (including phenoxy) is 1. The lowest BCUT2D eigenvalue weighted by Gasteiger charge is -2.13. The van der Waals surface area contributed by atoms with Crippen molar-refractivity contribution in [3.05, 3.63) is 66.0 Å². The van der Waals surface area contributed by atoms with E-state index in [0.29, 0.717) is 17.3 Å². The van der Waals surface area contributed by atoms with Gasteiger partial charge in [0, 0.05) is 36.9 Å². The van der Waals surface area contributed by atoms with E-state index in [0.717, 1.165) is 17.1 Å². The fraction of sp³-hybridized carbons (Fsp3) is 0.190. The van der Waals surface area contributed by atoms with Gasteiger partial charge in [0.1, 0.15) is 11.4 Å². The second-order valence-corrected chi connectivity index (χ2v) is 6.47. The van der Waals surface area contributed by atoms with Crippen molar-refractivity contribution in [1.29, 1.82) is 0 Å². The third-order valence-corrected chi connectivity index (χ3v) is 4.07. The van der Waals surface area contributed by atoms with Crippen molar-refractivity contribution in [2.45, 2.75) is 6.92 Å². The molecule has 0 saturated carbocycles. The maximum atomic E-state index is 12.6. The van der Waals surface area contributed by atoms with Crippen LogP contribution in [0.2, 0.25) is 0 Å². The van der Waals surface area contributed by atoms with Crippen molar-refractivity contribution in [3.63, 3.8) is 0 Å². The first kappa shape index (κ1) is 19.2. The maximum Gasteiger partial charge on any atom is 0.274 e. The number of carbonyl (C=O) groups excluding carboxylic acids is 1. The molecule has 0 atom stereocenters. The van der Waals surface area contributed by atoms with Gasteiger partial charge in [0.15, 0.2) is 0 Å². The minimum atomic E-state index is -0.304. The average Bonchev–Trinajstić information content (AvgIpc) is 2.68. The normalized spacial score (nSPS) is 10.3. The summed E-state index contributed by atoms with van der Waals surface area (Å²) in [7, 11) is 5.57. The SMILES string of the molecule is COc1ccc(NC(=O)c2cc(C)nc(Nc3ccc(N(C)C)cc3)n2)cc1. The number of rotatable bonds is 6. The first-order valence-electron chi connectivity index (χ1n) is 8.80. The van der Waals surface area contributed by atoms with E-state index in [1.807, 2.05) is 50.2 Å². The van der Waals surface area contributed by atoms with E-state index < -0.39 is 0 Å². The number of hydrogen-bond acceptors (Lipinski definition) is 6. The van der Waals surface area contributed by atoms with Gasteiger partial charge >= 0.3 is 0 Å². The molecule has 0 spiro atoms. The molecule has 3 rings (SSSR count). The van der Waals surface area contributed by atoms with Crippen LogP contribution >= 0.6 is 0 Å². The van der Waals surface area contributed by atoms with E-state index in [4.69, 9.17) is 4.74 Å². The molecule has 1 heterocycles. The summed E-state index contributed by atoms with van der Waals surface area (Å²) in [5.41, 5.74) is 3.59. The number of amides is 1. The van der Waals surface area contributed by atoms with Gasteiger partial charge in [0.25, 0.3) is 5.91 Å². The van der Waals surface area contributed by atoms with Crippen LogP contribution in [-0.2, 0) is 0 Å². The zero-order valence-corrected chi connectivity index (χ0v) is 16.4. The van der Waals surface area contributed by atoms with Gasteiger partial charge in [-0.05, 0) is 61.5 Å². The molecular weight excluding hydrogens is 354 g/mol. The zero-order valence-electron chi connectivity index (χ0n) is 16.4. The molecule has 28 heavy (non-hydrogen) atoms. The Kier molecular flexibility index (Phi) is 5.74. The van der Waals surface area contributed by atoms with Crippen molar-refractivity contribution in [1.82, 2.24) is 9.97 Å². The number of carbonyl (C=O) groups is 1. The monoisotopic (exact) mass is 377 g/mol. The van der Waals surface area contributed by atoms with Crippen LogP contribution in [0.4, 0.5) is 23.0 Å². The third kappa shape index (κ3) is 4.76. The fourth-order valence-corrected chi connectivity index (χ4v) is 2.58. The molecule has 0 bridgehead atoms. The van der Waals surface area contributed by atoms with E-state index in [1.165, 1.54) is 0 Å². The molecule has 7 nitrogen and oxygen atoms in total. The predicted octanol–water partition coefficient (Wildman–Crippen LogP) is 3.86. The van der Waals surface area contributed by atoms with Gasteiger partial charge in [-0.15, -0.1) is 0 Å². The number of aryl methyl sites for hydroxylation is 1. The van der Waals surface area contributed by atoms with Gasteiger partial charge in [0.05, 0.1) is 7.11 Å².